The molecule has 4 rings (SSSR count). The fourth-order valence-electron chi connectivity index (χ4n) is 4.12. The van der Waals surface area contributed by atoms with Crippen molar-refractivity contribution in [3.05, 3.63) is 103 Å². The molecule has 0 amide bonds. The van der Waals surface area contributed by atoms with E-state index in [1.807, 2.05) is 72.8 Å². The molecule has 0 aliphatic carbocycles. The Morgan fingerprint density at radius 1 is 0.744 bits per heavy atom. The standard InChI is InChI=1S/C34H32O8S/c1-3-32(36)41-19-18-40-28-11-15-31-25(21-28)7-6-24-20-26(8-14-30(24)31)34(38)43-29-12-9-27(10-13-29)39-16-4-5-17-42-33(37)23(2)22-35/h3,6-15,20-21,35H,1-2,4-5,16-19,22H2. The van der Waals surface area contributed by atoms with E-state index in [1.54, 1.807) is 0 Å². The summed E-state index contributed by atoms with van der Waals surface area (Å²) in [6.07, 6.45) is 2.43. The molecule has 0 unspecified atom stereocenters. The Labute approximate surface area is 253 Å². The van der Waals surface area contributed by atoms with Crippen molar-refractivity contribution >= 4 is 50.4 Å². The van der Waals surface area contributed by atoms with Crippen LogP contribution in [0.4, 0.5) is 0 Å². The van der Waals surface area contributed by atoms with Gasteiger partial charge in [0.15, 0.2) is 0 Å². The summed E-state index contributed by atoms with van der Waals surface area (Å²) in [4.78, 5) is 36.4. The molecule has 4 aromatic carbocycles. The fraction of sp³-hybridized carbons (Fsp3) is 0.206. The van der Waals surface area contributed by atoms with Gasteiger partial charge in [0, 0.05) is 16.5 Å². The molecule has 0 saturated carbocycles. The summed E-state index contributed by atoms with van der Waals surface area (Å²) in [5, 5.41) is 12.8. The molecule has 4 aromatic rings. The van der Waals surface area contributed by atoms with Crippen LogP contribution in [0, 0.1) is 0 Å². The number of esters is 2. The first-order valence-electron chi connectivity index (χ1n) is 13.7. The van der Waals surface area contributed by atoms with Gasteiger partial charge in [-0.25, -0.2) is 9.59 Å². The van der Waals surface area contributed by atoms with Crippen LogP contribution >= 0.6 is 11.8 Å². The lowest BCUT2D eigenvalue weighted by Crippen LogP contribution is -2.11. The molecule has 0 radical (unpaired) electrons. The van der Waals surface area contributed by atoms with Gasteiger partial charge in [0.1, 0.15) is 24.7 Å². The molecule has 43 heavy (non-hydrogen) atoms. The third-order valence-electron chi connectivity index (χ3n) is 6.36. The van der Waals surface area contributed by atoms with Crippen LogP contribution in [0.15, 0.2) is 102 Å². The summed E-state index contributed by atoms with van der Waals surface area (Å²) in [6.45, 7) is 7.43. The second-order valence-corrected chi connectivity index (χ2v) is 10.5. The molecule has 0 fully saturated rings. The van der Waals surface area contributed by atoms with Crippen LogP contribution in [0.5, 0.6) is 11.5 Å². The van der Waals surface area contributed by atoms with Crippen molar-refractivity contribution in [2.75, 3.05) is 33.0 Å². The van der Waals surface area contributed by atoms with Crippen molar-refractivity contribution in [3.8, 4) is 11.5 Å². The Kier molecular flexibility index (Phi) is 11.4. The van der Waals surface area contributed by atoms with Crippen molar-refractivity contribution in [3.63, 3.8) is 0 Å². The first-order chi connectivity index (χ1) is 20.9. The lowest BCUT2D eigenvalue weighted by molar-refractivity contribution is -0.140. The predicted molar refractivity (Wildman–Crippen MR) is 167 cm³/mol. The van der Waals surface area contributed by atoms with Gasteiger partial charge < -0.3 is 24.1 Å². The summed E-state index contributed by atoms with van der Waals surface area (Å²) in [5.74, 6) is 0.283. The Balaban J connectivity index is 1.28. The monoisotopic (exact) mass is 600 g/mol. The number of carbonyl (C=O) groups is 3. The van der Waals surface area contributed by atoms with Gasteiger partial charge >= 0.3 is 11.9 Å². The SMILES string of the molecule is C=CC(=O)OCCOc1ccc2c(ccc3cc(C(=O)Sc4ccc(OCCCCOC(=O)C(=C)CO)cc4)ccc32)c1. The predicted octanol–water partition coefficient (Wildman–Crippen LogP) is 6.28. The van der Waals surface area contributed by atoms with E-state index < -0.39 is 18.5 Å². The lowest BCUT2D eigenvalue weighted by atomic mass is 10.0. The van der Waals surface area contributed by atoms with Crippen LogP contribution in [-0.4, -0.2) is 55.2 Å². The van der Waals surface area contributed by atoms with Gasteiger partial charge in [0.25, 0.3) is 0 Å². The highest BCUT2D eigenvalue weighted by molar-refractivity contribution is 8.14. The maximum absolute atomic E-state index is 13.0. The first kappa shape index (κ1) is 31.3. The summed E-state index contributed by atoms with van der Waals surface area (Å²) in [5.41, 5.74) is 0.640. The Bertz CT molecular complexity index is 1630. The summed E-state index contributed by atoms with van der Waals surface area (Å²) < 4.78 is 21.4. The van der Waals surface area contributed by atoms with E-state index in [9.17, 15) is 14.4 Å². The zero-order valence-corrected chi connectivity index (χ0v) is 24.4. The number of aliphatic hydroxyl groups is 1. The Morgan fingerprint density at radius 3 is 2.12 bits per heavy atom. The van der Waals surface area contributed by atoms with Crippen LogP contribution in [0.25, 0.3) is 21.5 Å². The van der Waals surface area contributed by atoms with Gasteiger partial charge in [0.2, 0.25) is 5.12 Å². The van der Waals surface area contributed by atoms with Crippen molar-refractivity contribution in [2.24, 2.45) is 0 Å². The third kappa shape index (κ3) is 8.94. The van der Waals surface area contributed by atoms with Crippen molar-refractivity contribution < 1.29 is 38.4 Å². The van der Waals surface area contributed by atoms with E-state index in [-0.39, 0.29) is 30.5 Å². The number of hydrogen-bond donors (Lipinski definition) is 1. The first-order valence-corrected chi connectivity index (χ1v) is 14.5. The average Bonchev–Trinajstić information content (AvgIpc) is 3.04. The quantitative estimate of drug-likeness (QED) is 0.0554. The minimum atomic E-state index is -0.591. The molecule has 0 aliphatic heterocycles. The summed E-state index contributed by atoms with van der Waals surface area (Å²) in [7, 11) is 0. The summed E-state index contributed by atoms with van der Waals surface area (Å²) >= 11 is 1.15. The zero-order chi connectivity index (χ0) is 30.6. The molecule has 0 spiro atoms. The molecular weight excluding hydrogens is 568 g/mol. The summed E-state index contributed by atoms with van der Waals surface area (Å²) in [6, 6.07) is 22.8. The van der Waals surface area contributed by atoms with Gasteiger partial charge in [-0.05, 0) is 94.7 Å². The maximum atomic E-state index is 13.0. The Morgan fingerprint density at radius 2 is 1.40 bits per heavy atom. The minimum absolute atomic E-state index is 0.0343. The second-order valence-electron chi connectivity index (χ2n) is 9.42. The molecule has 9 heteroatoms. The van der Waals surface area contributed by atoms with E-state index in [2.05, 4.69) is 13.2 Å². The number of ether oxygens (including phenoxy) is 4. The number of rotatable bonds is 15. The van der Waals surface area contributed by atoms with Gasteiger partial charge in [-0.2, -0.15) is 0 Å². The molecule has 0 aromatic heterocycles. The zero-order valence-electron chi connectivity index (χ0n) is 23.6. The van der Waals surface area contributed by atoms with Gasteiger partial charge in [-0.15, -0.1) is 0 Å². The molecule has 8 nitrogen and oxygen atoms in total. The van der Waals surface area contributed by atoms with Crippen molar-refractivity contribution in [2.45, 2.75) is 17.7 Å². The molecule has 222 valence electrons. The second kappa shape index (κ2) is 15.6. The highest BCUT2D eigenvalue weighted by Crippen LogP contribution is 2.31. The van der Waals surface area contributed by atoms with E-state index in [4.69, 9.17) is 24.1 Å². The van der Waals surface area contributed by atoms with Crippen LogP contribution in [0.1, 0.15) is 23.2 Å². The largest absolute Gasteiger partial charge is 0.494 e. The number of unbranched alkanes of at least 4 members (excludes halogenated alkanes) is 1. The van der Waals surface area contributed by atoms with Crippen molar-refractivity contribution in [1.82, 2.24) is 0 Å². The van der Waals surface area contributed by atoms with Gasteiger partial charge in [-0.3, -0.25) is 4.79 Å². The van der Waals surface area contributed by atoms with Gasteiger partial charge in [-0.1, -0.05) is 37.4 Å². The molecule has 0 bridgehead atoms. The number of thioether (sulfide) groups is 1. The average molecular weight is 601 g/mol. The van der Waals surface area contributed by atoms with Crippen LogP contribution in [0.2, 0.25) is 0 Å². The van der Waals surface area contributed by atoms with Gasteiger partial charge in [0.05, 0.1) is 25.4 Å². The molecular formula is C34H32O8S. The molecule has 0 saturated heterocycles. The number of benzene rings is 4. The minimum Gasteiger partial charge on any atom is -0.494 e. The molecule has 0 heterocycles. The maximum Gasteiger partial charge on any atom is 0.335 e. The topological polar surface area (TPSA) is 108 Å². The van der Waals surface area contributed by atoms with E-state index in [0.717, 1.165) is 44.3 Å². The number of carbonyl (C=O) groups excluding carboxylic acids is 3. The van der Waals surface area contributed by atoms with Crippen LogP contribution < -0.4 is 9.47 Å². The number of hydrogen-bond acceptors (Lipinski definition) is 9. The smallest absolute Gasteiger partial charge is 0.335 e. The number of aliphatic hydroxyl groups excluding tert-OH is 1. The highest BCUT2D eigenvalue weighted by atomic mass is 32.2. The number of fused-ring (bicyclic) bond motifs is 3. The van der Waals surface area contributed by atoms with Crippen molar-refractivity contribution in [1.29, 1.82) is 0 Å². The van der Waals surface area contributed by atoms with E-state index in [0.29, 0.717) is 36.5 Å². The van der Waals surface area contributed by atoms with E-state index in [1.165, 1.54) is 0 Å². The van der Waals surface area contributed by atoms with Crippen LogP contribution in [-0.2, 0) is 19.1 Å². The molecule has 0 aliphatic rings. The van der Waals surface area contributed by atoms with E-state index >= 15 is 0 Å². The third-order valence-corrected chi connectivity index (χ3v) is 7.29. The molecule has 0 atom stereocenters. The Hall–Kier alpha value is -4.60. The van der Waals surface area contributed by atoms with Crippen LogP contribution in [0.3, 0.4) is 0 Å². The molecule has 1 N–H and O–H groups in total. The normalized spacial score (nSPS) is 10.7. The fourth-order valence-corrected chi connectivity index (χ4v) is 4.85. The highest BCUT2D eigenvalue weighted by Gasteiger charge is 2.11. The lowest BCUT2D eigenvalue weighted by Gasteiger charge is -2.10.